The van der Waals surface area contributed by atoms with E-state index in [2.05, 4.69) is 15.5 Å². The van der Waals surface area contributed by atoms with Gasteiger partial charge in [0.2, 0.25) is 0 Å². The van der Waals surface area contributed by atoms with Crippen molar-refractivity contribution in [2.45, 2.75) is 33.4 Å². The standard InChI is InChI=1S/C12H17F2N5/c1-8-10(5-17-19(8)7-12(13)14)4-15-11-6-16-18(3)9(11)2/h5-6,12,15H,4,7H2,1-3H3. The van der Waals surface area contributed by atoms with Crippen LogP contribution in [0, 0.1) is 13.8 Å². The maximum atomic E-state index is 12.3. The minimum Gasteiger partial charge on any atom is -0.378 e. The first-order valence-corrected chi connectivity index (χ1v) is 6.01. The van der Waals surface area contributed by atoms with E-state index in [1.165, 1.54) is 4.68 Å². The summed E-state index contributed by atoms with van der Waals surface area (Å²) in [6.07, 6.45) is 0.977. The van der Waals surface area contributed by atoms with E-state index in [1.807, 2.05) is 14.0 Å². The summed E-state index contributed by atoms with van der Waals surface area (Å²) >= 11 is 0. The second kappa shape index (κ2) is 5.38. The van der Waals surface area contributed by atoms with Crippen molar-refractivity contribution in [1.82, 2.24) is 19.6 Å². The van der Waals surface area contributed by atoms with Crippen LogP contribution >= 0.6 is 0 Å². The van der Waals surface area contributed by atoms with Crippen molar-refractivity contribution in [1.29, 1.82) is 0 Å². The molecular weight excluding hydrogens is 252 g/mol. The summed E-state index contributed by atoms with van der Waals surface area (Å²) in [6, 6.07) is 0. The topological polar surface area (TPSA) is 47.7 Å². The van der Waals surface area contributed by atoms with E-state index in [0.29, 0.717) is 6.54 Å². The molecule has 0 spiro atoms. The molecule has 0 saturated carbocycles. The van der Waals surface area contributed by atoms with E-state index in [4.69, 9.17) is 0 Å². The van der Waals surface area contributed by atoms with Crippen LogP contribution in [0.15, 0.2) is 12.4 Å². The zero-order chi connectivity index (χ0) is 14.0. The molecule has 0 aliphatic carbocycles. The van der Waals surface area contributed by atoms with Crippen LogP contribution in [0.1, 0.15) is 17.0 Å². The molecular formula is C12H17F2N5. The van der Waals surface area contributed by atoms with Crippen molar-refractivity contribution in [2.24, 2.45) is 7.05 Å². The first-order valence-electron chi connectivity index (χ1n) is 6.01. The third-order valence-electron chi connectivity index (χ3n) is 3.22. The van der Waals surface area contributed by atoms with E-state index in [0.717, 1.165) is 22.6 Å². The van der Waals surface area contributed by atoms with Gasteiger partial charge in [0.1, 0.15) is 6.54 Å². The highest BCUT2D eigenvalue weighted by Gasteiger charge is 2.11. The number of halogens is 2. The van der Waals surface area contributed by atoms with Crippen LogP contribution < -0.4 is 5.32 Å². The number of nitrogens with zero attached hydrogens (tertiary/aromatic N) is 4. The Bertz CT molecular complexity index is 558. The first-order chi connectivity index (χ1) is 8.99. The lowest BCUT2D eigenvalue weighted by Gasteiger charge is -2.07. The van der Waals surface area contributed by atoms with E-state index in [-0.39, 0.29) is 6.54 Å². The maximum absolute atomic E-state index is 12.3. The Balaban J connectivity index is 2.04. The van der Waals surface area contributed by atoms with Crippen LogP contribution in [0.5, 0.6) is 0 Å². The van der Waals surface area contributed by atoms with Gasteiger partial charge in [-0.25, -0.2) is 8.78 Å². The third-order valence-corrected chi connectivity index (χ3v) is 3.22. The summed E-state index contributed by atoms with van der Waals surface area (Å²) < 4.78 is 27.8. The number of aryl methyl sites for hydroxylation is 1. The first kappa shape index (κ1) is 13.5. The number of rotatable bonds is 5. The van der Waals surface area contributed by atoms with Crippen LogP contribution in [0.4, 0.5) is 14.5 Å². The molecule has 0 aliphatic heterocycles. The van der Waals surface area contributed by atoms with Gasteiger partial charge < -0.3 is 5.32 Å². The molecule has 0 amide bonds. The summed E-state index contributed by atoms with van der Waals surface area (Å²) in [7, 11) is 1.87. The van der Waals surface area contributed by atoms with Gasteiger partial charge in [0.15, 0.2) is 0 Å². The fourth-order valence-corrected chi connectivity index (χ4v) is 1.84. The number of aromatic nitrogens is 4. The van der Waals surface area contributed by atoms with Gasteiger partial charge in [0.25, 0.3) is 6.43 Å². The SMILES string of the molecule is Cc1c(NCc2cnn(CC(F)F)c2C)cnn1C. The second-order valence-corrected chi connectivity index (χ2v) is 4.45. The summed E-state index contributed by atoms with van der Waals surface area (Å²) in [4.78, 5) is 0. The number of anilines is 1. The van der Waals surface area contributed by atoms with Crippen LogP contribution in [0.2, 0.25) is 0 Å². The normalized spacial score (nSPS) is 11.3. The molecule has 7 heteroatoms. The Morgan fingerprint density at radius 2 is 1.95 bits per heavy atom. The molecule has 0 atom stereocenters. The van der Waals surface area contributed by atoms with Crippen molar-refractivity contribution < 1.29 is 8.78 Å². The lowest BCUT2D eigenvalue weighted by molar-refractivity contribution is 0.121. The molecule has 2 rings (SSSR count). The van der Waals surface area contributed by atoms with E-state index in [1.54, 1.807) is 24.0 Å². The molecule has 0 bridgehead atoms. The Morgan fingerprint density at radius 3 is 2.53 bits per heavy atom. The molecule has 2 heterocycles. The predicted molar refractivity (Wildman–Crippen MR) is 68.2 cm³/mol. The molecule has 0 unspecified atom stereocenters. The van der Waals surface area contributed by atoms with Gasteiger partial charge in [-0.15, -0.1) is 0 Å². The van der Waals surface area contributed by atoms with Crippen LogP contribution in [-0.2, 0) is 20.1 Å². The molecule has 2 aromatic rings. The smallest absolute Gasteiger partial charge is 0.257 e. The van der Waals surface area contributed by atoms with Crippen molar-refractivity contribution in [3.05, 3.63) is 29.3 Å². The van der Waals surface area contributed by atoms with E-state index >= 15 is 0 Å². The minimum absolute atomic E-state index is 0.363. The Hall–Kier alpha value is -1.92. The third kappa shape index (κ3) is 2.91. The number of nitrogens with one attached hydrogen (secondary N) is 1. The maximum Gasteiger partial charge on any atom is 0.257 e. The van der Waals surface area contributed by atoms with Crippen molar-refractivity contribution in [3.63, 3.8) is 0 Å². The minimum atomic E-state index is -2.39. The molecule has 0 saturated heterocycles. The number of hydrogen-bond donors (Lipinski definition) is 1. The quantitative estimate of drug-likeness (QED) is 0.904. The van der Waals surface area contributed by atoms with Gasteiger partial charge >= 0.3 is 0 Å². The Morgan fingerprint density at radius 1 is 1.21 bits per heavy atom. The largest absolute Gasteiger partial charge is 0.378 e. The summed E-state index contributed by atoms with van der Waals surface area (Å²) in [5, 5.41) is 11.3. The average Bonchev–Trinajstić information content (AvgIpc) is 2.84. The zero-order valence-corrected chi connectivity index (χ0v) is 11.2. The molecule has 19 heavy (non-hydrogen) atoms. The highest BCUT2D eigenvalue weighted by molar-refractivity contribution is 5.46. The number of alkyl halides is 2. The molecule has 2 aromatic heterocycles. The molecule has 5 nitrogen and oxygen atoms in total. The Kier molecular flexibility index (Phi) is 3.82. The van der Waals surface area contributed by atoms with Crippen molar-refractivity contribution in [2.75, 3.05) is 5.32 Å². The zero-order valence-electron chi connectivity index (χ0n) is 11.2. The lowest BCUT2D eigenvalue weighted by atomic mass is 10.2. The van der Waals surface area contributed by atoms with Gasteiger partial charge in [-0.1, -0.05) is 0 Å². The van der Waals surface area contributed by atoms with Crippen molar-refractivity contribution in [3.8, 4) is 0 Å². The lowest BCUT2D eigenvalue weighted by Crippen LogP contribution is -2.10. The van der Waals surface area contributed by atoms with Gasteiger partial charge in [0, 0.05) is 24.8 Å². The molecule has 1 N–H and O–H groups in total. The molecule has 0 radical (unpaired) electrons. The highest BCUT2D eigenvalue weighted by Crippen LogP contribution is 2.15. The summed E-state index contributed by atoms with van der Waals surface area (Å²) in [5.74, 6) is 0. The monoisotopic (exact) mass is 269 g/mol. The van der Waals surface area contributed by atoms with Crippen LogP contribution in [0.25, 0.3) is 0 Å². The molecule has 0 aliphatic rings. The van der Waals surface area contributed by atoms with Gasteiger partial charge in [0.05, 0.1) is 23.8 Å². The summed E-state index contributed by atoms with van der Waals surface area (Å²) in [6.45, 7) is 3.93. The van der Waals surface area contributed by atoms with Gasteiger partial charge in [-0.3, -0.25) is 9.36 Å². The molecule has 0 fully saturated rings. The van der Waals surface area contributed by atoms with E-state index < -0.39 is 6.43 Å². The molecule has 0 aromatic carbocycles. The second-order valence-electron chi connectivity index (χ2n) is 4.45. The fourth-order valence-electron chi connectivity index (χ4n) is 1.84. The van der Waals surface area contributed by atoms with Crippen LogP contribution in [0.3, 0.4) is 0 Å². The summed E-state index contributed by atoms with van der Waals surface area (Å²) in [5.41, 5.74) is 3.62. The van der Waals surface area contributed by atoms with Crippen LogP contribution in [-0.4, -0.2) is 26.0 Å². The van der Waals surface area contributed by atoms with Gasteiger partial charge in [-0.05, 0) is 13.8 Å². The highest BCUT2D eigenvalue weighted by atomic mass is 19.3. The van der Waals surface area contributed by atoms with Crippen molar-refractivity contribution >= 4 is 5.69 Å². The predicted octanol–water partition coefficient (Wildman–Crippen LogP) is 2.11. The average molecular weight is 269 g/mol. The Labute approximate surface area is 110 Å². The number of hydrogen-bond acceptors (Lipinski definition) is 3. The van der Waals surface area contributed by atoms with E-state index in [9.17, 15) is 8.78 Å². The molecule has 104 valence electrons. The fraction of sp³-hybridized carbons (Fsp3) is 0.500. The van der Waals surface area contributed by atoms with Gasteiger partial charge in [-0.2, -0.15) is 10.2 Å².